The highest BCUT2D eigenvalue weighted by molar-refractivity contribution is 7.10. The molecule has 3 rings (SSSR count). The maximum absolute atomic E-state index is 5.87. The van der Waals surface area contributed by atoms with Crippen LogP contribution in [0.25, 0.3) is 0 Å². The molecule has 0 aliphatic carbocycles. The molecule has 1 atom stereocenters. The topological polar surface area (TPSA) is 30.5 Å². The molecular weight excluding hydrogens is 282 g/mol. The normalized spacial score (nSPS) is 17.4. The lowest BCUT2D eigenvalue weighted by atomic mass is 9.91. The molecule has 1 aliphatic rings. The quantitative estimate of drug-likeness (QED) is 0.934. The number of rotatable bonds is 4. The van der Waals surface area contributed by atoms with Crippen molar-refractivity contribution in [3.05, 3.63) is 45.1 Å². The molecule has 0 saturated carbocycles. The molecule has 1 N–H and O–H groups in total. The summed E-state index contributed by atoms with van der Waals surface area (Å²) in [6.07, 6.45) is 0.975. The number of thiophene rings is 1. The number of nitrogens with one attached hydrogen (secondary N) is 1. The first kappa shape index (κ1) is 14.4. The molecule has 112 valence electrons. The van der Waals surface area contributed by atoms with Crippen molar-refractivity contribution in [1.82, 2.24) is 5.32 Å². The van der Waals surface area contributed by atoms with E-state index < -0.39 is 0 Å². The Bertz CT molecular complexity index is 636. The van der Waals surface area contributed by atoms with Crippen LogP contribution in [-0.4, -0.2) is 20.3 Å². The van der Waals surface area contributed by atoms with Crippen LogP contribution >= 0.6 is 11.3 Å². The summed E-state index contributed by atoms with van der Waals surface area (Å²) in [5.41, 5.74) is 3.95. The summed E-state index contributed by atoms with van der Waals surface area (Å²) >= 11 is 1.81. The average Bonchev–Trinajstić information content (AvgIpc) is 2.93. The first-order valence-electron chi connectivity index (χ1n) is 7.36. The number of hydrogen-bond acceptors (Lipinski definition) is 4. The molecule has 2 aromatic rings. The van der Waals surface area contributed by atoms with Gasteiger partial charge in [0.2, 0.25) is 0 Å². The summed E-state index contributed by atoms with van der Waals surface area (Å²) in [4.78, 5) is 1.39. The van der Waals surface area contributed by atoms with E-state index in [1.165, 1.54) is 21.6 Å². The van der Waals surface area contributed by atoms with Crippen LogP contribution in [0.1, 0.15) is 34.5 Å². The Kier molecular flexibility index (Phi) is 4.17. The van der Waals surface area contributed by atoms with E-state index in [4.69, 9.17) is 9.47 Å². The van der Waals surface area contributed by atoms with Gasteiger partial charge in [-0.15, -0.1) is 11.3 Å². The van der Waals surface area contributed by atoms with Gasteiger partial charge in [-0.05, 0) is 48.9 Å². The lowest BCUT2D eigenvalue weighted by molar-refractivity contribution is 0.305. The van der Waals surface area contributed by atoms with E-state index in [1.807, 2.05) is 24.3 Å². The van der Waals surface area contributed by atoms with E-state index in [0.29, 0.717) is 6.61 Å². The number of ether oxygens (including phenoxy) is 2. The molecular formula is C17H21NO2S. The van der Waals surface area contributed by atoms with Crippen molar-refractivity contribution >= 4 is 11.3 Å². The minimum atomic E-state index is 0.263. The maximum atomic E-state index is 5.87. The summed E-state index contributed by atoms with van der Waals surface area (Å²) < 4.78 is 11.3. The Morgan fingerprint density at radius 1 is 1.33 bits per heavy atom. The van der Waals surface area contributed by atoms with Gasteiger partial charge in [0.1, 0.15) is 0 Å². The van der Waals surface area contributed by atoms with Gasteiger partial charge < -0.3 is 14.8 Å². The van der Waals surface area contributed by atoms with Crippen LogP contribution in [0.4, 0.5) is 0 Å². The highest BCUT2D eigenvalue weighted by Crippen LogP contribution is 2.41. The molecule has 3 nitrogen and oxygen atoms in total. The Balaban J connectivity index is 2.10. The van der Waals surface area contributed by atoms with E-state index in [-0.39, 0.29) is 6.04 Å². The minimum absolute atomic E-state index is 0.263. The Morgan fingerprint density at radius 2 is 2.19 bits per heavy atom. The van der Waals surface area contributed by atoms with Crippen molar-refractivity contribution in [2.45, 2.75) is 26.3 Å². The van der Waals surface area contributed by atoms with Gasteiger partial charge in [-0.1, -0.05) is 6.07 Å². The molecule has 0 saturated heterocycles. The Hall–Kier alpha value is -1.52. The molecule has 0 fully saturated rings. The summed E-state index contributed by atoms with van der Waals surface area (Å²) in [6, 6.07) is 6.64. The third-order valence-electron chi connectivity index (χ3n) is 3.97. The fourth-order valence-corrected chi connectivity index (χ4v) is 4.00. The third kappa shape index (κ3) is 2.54. The van der Waals surface area contributed by atoms with Crippen LogP contribution in [-0.2, 0) is 6.42 Å². The Labute approximate surface area is 129 Å². The first-order chi connectivity index (χ1) is 10.3. The van der Waals surface area contributed by atoms with Gasteiger partial charge in [0.25, 0.3) is 0 Å². The van der Waals surface area contributed by atoms with Gasteiger partial charge >= 0.3 is 0 Å². The molecule has 0 radical (unpaired) electrons. The molecule has 0 bridgehead atoms. The molecule has 2 heterocycles. The van der Waals surface area contributed by atoms with Gasteiger partial charge in [-0.3, -0.25) is 0 Å². The van der Waals surface area contributed by atoms with Crippen LogP contribution in [0.2, 0.25) is 0 Å². The molecule has 1 aliphatic heterocycles. The van der Waals surface area contributed by atoms with Crippen molar-refractivity contribution in [2.75, 3.05) is 20.3 Å². The van der Waals surface area contributed by atoms with Gasteiger partial charge in [0.05, 0.1) is 19.8 Å². The minimum Gasteiger partial charge on any atom is -0.493 e. The highest BCUT2D eigenvalue weighted by atomic mass is 32.1. The zero-order valence-corrected chi connectivity index (χ0v) is 13.5. The van der Waals surface area contributed by atoms with E-state index in [9.17, 15) is 0 Å². The van der Waals surface area contributed by atoms with Crippen LogP contribution in [0.15, 0.2) is 23.6 Å². The predicted octanol–water partition coefficient (Wildman–Crippen LogP) is 3.70. The predicted molar refractivity (Wildman–Crippen MR) is 86.8 cm³/mol. The third-order valence-corrected chi connectivity index (χ3v) is 5.05. The summed E-state index contributed by atoms with van der Waals surface area (Å²) in [5.74, 6) is 1.75. The maximum Gasteiger partial charge on any atom is 0.164 e. The van der Waals surface area contributed by atoms with Crippen molar-refractivity contribution in [1.29, 1.82) is 0 Å². The van der Waals surface area contributed by atoms with Crippen molar-refractivity contribution in [2.24, 2.45) is 0 Å². The van der Waals surface area contributed by atoms with Gasteiger partial charge in [-0.2, -0.15) is 0 Å². The zero-order valence-electron chi connectivity index (χ0n) is 12.7. The summed E-state index contributed by atoms with van der Waals surface area (Å²) in [6.45, 7) is 5.81. The smallest absolute Gasteiger partial charge is 0.164 e. The largest absolute Gasteiger partial charge is 0.493 e. The van der Waals surface area contributed by atoms with E-state index >= 15 is 0 Å². The van der Waals surface area contributed by atoms with Gasteiger partial charge in [0, 0.05) is 17.0 Å². The highest BCUT2D eigenvalue weighted by Gasteiger charge is 2.27. The number of aryl methyl sites for hydroxylation is 1. The van der Waals surface area contributed by atoms with Crippen LogP contribution in [0, 0.1) is 6.92 Å². The molecule has 1 aromatic heterocycles. The van der Waals surface area contributed by atoms with E-state index in [2.05, 4.69) is 29.8 Å². The summed E-state index contributed by atoms with van der Waals surface area (Å²) in [5, 5.41) is 5.80. The lowest BCUT2D eigenvalue weighted by Crippen LogP contribution is -2.30. The lowest BCUT2D eigenvalue weighted by Gasteiger charge is -2.29. The van der Waals surface area contributed by atoms with E-state index in [1.54, 1.807) is 7.11 Å². The second-order valence-electron chi connectivity index (χ2n) is 5.20. The zero-order chi connectivity index (χ0) is 14.8. The molecule has 0 spiro atoms. The van der Waals surface area contributed by atoms with Gasteiger partial charge in [-0.25, -0.2) is 0 Å². The molecule has 21 heavy (non-hydrogen) atoms. The van der Waals surface area contributed by atoms with E-state index in [0.717, 1.165) is 24.5 Å². The number of hydrogen-bond donors (Lipinski definition) is 1. The average molecular weight is 303 g/mol. The summed E-state index contributed by atoms with van der Waals surface area (Å²) in [7, 11) is 1.70. The first-order valence-corrected chi connectivity index (χ1v) is 8.24. The van der Waals surface area contributed by atoms with Crippen molar-refractivity contribution in [3.63, 3.8) is 0 Å². The number of methoxy groups -OCH3 is 1. The molecule has 4 heteroatoms. The SMILES string of the molecule is CCOc1c(OC)ccc2c1CCNC2c1sccc1C. The van der Waals surface area contributed by atoms with Crippen molar-refractivity contribution in [3.8, 4) is 11.5 Å². The van der Waals surface area contributed by atoms with Crippen molar-refractivity contribution < 1.29 is 9.47 Å². The monoisotopic (exact) mass is 303 g/mol. The number of benzene rings is 1. The van der Waals surface area contributed by atoms with Crippen LogP contribution in [0.5, 0.6) is 11.5 Å². The van der Waals surface area contributed by atoms with Crippen LogP contribution < -0.4 is 14.8 Å². The second-order valence-corrected chi connectivity index (χ2v) is 6.15. The standard InChI is InChI=1S/C17H21NO2S/c1-4-20-16-13-7-9-18-15(17-11(2)8-10-21-17)12(13)5-6-14(16)19-3/h5-6,8,10,15,18H,4,7,9H2,1-3H3. The molecule has 0 amide bonds. The fourth-order valence-electron chi connectivity index (χ4n) is 2.98. The Morgan fingerprint density at radius 3 is 2.86 bits per heavy atom. The fraction of sp³-hybridized carbons (Fsp3) is 0.412. The van der Waals surface area contributed by atoms with Crippen LogP contribution in [0.3, 0.4) is 0 Å². The van der Waals surface area contributed by atoms with Gasteiger partial charge in [0.15, 0.2) is 11.5 Å². The number of fused-ring (bicyclic) bond motifs is 1. The molecule has 1 aromatic carbocycles. The molecule has 1 unspecified atom stereocenters. The second kappa shape index (κ2) is 6.08.